The molecular weight excluding hydrogens is 212 g/mol. The van der Waals surface area contributed by atoms with Gasteiger partial charge in [-0.2, -0.15) is 0 Å². The van der Waals surface area contributed by atoms with Crippen LogP contribution in [-0.4, -0.2) is 37.1 Å². The maximum atomic E-state index is 4.26. The van der Waals surface area contributed by atoms with Crippen molar-refractivity contribution < 1.29 is 0 Å². The van der Waals surface area contributed by atoms with E-state index in [-0.39, 0.29) is 0 Å². The van der Waals surface area contributed by atoms with Gasteiger partial charge in [0.2, 0.25) is 0 Å². The van der Waals surface area contributed by atoms with E-state index in [1.165, 1.54) is 12.8 Å². The molecule has 0 saturated carbocycles. The van der Waals surface area contributed by atoms with Crippen LogP contribution in [0.1, 0.15) is 26.7 Å². The molecule has 0 aliphatic heterocycles. The third kappa shape index (κ3) is 9.35. The fraction of sp³-hybridized carbons (Fsp3) is 0.538. The lowest BCUT2D eigenvalue weighted by molar-refractivity contribution is 0.440. The van der Waals surface area contributed by atoms with E-state index in [2.05, 4.69) is 33.7 Å². The molecule has 0 radical (unpaired) electrons. The average molecular weight is 236 g/mol. The van der Waals surface area contributed by atoms with Crippen molar-refractivity contribution in [2.24, 2.45) is 9.98 Å². The monoisotopic (exact) mass is 236 g/mol. The summed E-state index contributed by atoms with van der Waals surface area (Å²) in [6, 6.07) is 0. The zero-order valence-electron chi connectivity index (χ0n) is 11.2. The van der Waals surface area contributed by atoms with Crippen LogP contribution in [-0.2, 0) is 0 Å². The molecule has 0 aromatic rings. The minimum atomic E-state index is 0.696. The highest BCUT2D eigenvalue weighted by molar-refractivity contribution is 6.29. The van der Waals surface area contributed by atoms with Crippen molar-refractivity contribution in [3.8, 4) is 0 Å². The van der Waals surface area contributed by atoms with Gasteiger partial charge in [0.05, 0.1) is 6.21 Å². The van der Waals surface area contributed by atoms with Gasteiger partial charge in [-0.25, -0.2) is 4.99 Å². The number of aliphatic imine (C=N–C) groups is 2. The zero-order chi connectivity index (χ0) is 12.9. The second-order valence-corrected chi connectivity index (χ2v) is 3.62. The number of hydrogen-bond donors (Lipinski definition) is 1. The Hall–Kier alpha value is -1.58. The molecule has 0 heterocycles. The average Bonchev–Trinajstić information content (AvgIpc) is 2.33. The van der Waals surface area contributed by atoms with Gasteiger partial charge in [-0.05, 0) is 19.5 Å². The van der Waals surface area contributed by atoms with Crippen LogP contribution in [0, 0.1) is 0 Å². The van der Waals surface area contributed by atoms with Gasteiger partial charge in [0.15, 0.2) is 0 Å². The second kappa shape index (κ2) is 10.9. The van der Waals surface area contributed by atoms with Crippen molar-refractivity contribution in [3.63, 3.8) is 0 Å². The highest BCUT2D eigenvalue weighted by Crippen LogP contribution is 1.92. The minimum Gasteiger partial charge on any atom is -0.379 e. The topological polar surface area (TPSA) is 40.0 Å². The number of rotatable bonds is 8. The maximum absolute atomic E-state index is 4.26. The Morgan fingerprint density at radius 3 is 2.76 bits per heavy atom. The summed E-state index contributed by atoms with van der Waals surface area (Å²) < 4.78 is 0. The van der Waals surface area contributed by atoms with Gasteiger partial charge in [-0.15, -0.1) is 0 Å². The summed E-state index contributed by atoms with van der Waals surface area (Å²) in [5, 5.41) is 2.93. The quantitative estimate of drug-likeness (QED) is 0.519. The van der Waals surface area contributed by atoms with E-state index in [9.17, 15) is 0 Å². The van der Waals surface area contributed by atoms with Crippen LogP contribution >= 0.6 is 0 Å². The first kappa shape index (κ1) is 15.4. The van der Waals surface area contributed by atoms with Gasteiger partial charge in [0.25, 0.3) is 0 Å². The number of hydrogen-bond acceptors (Lipinski definition) is 3. The van der Waals surface area contributed by atoms with Crippen molar-refractivity contribution in [3.05, 3.63) is 25.2 Å². The summed E-state index contributed by atoms with van der Waals surface area (Å²) in [7, 11) is 2.04. The Balaban J connectivity index is 4.25. The summed E-state index contributed by atoms with van der Waals surface area (Å²) in [5.74, 6) is 0.696. The van der Waals surface area contributed by atoms with Gasteiger partial charge in [-0.1, -0.05) is 19.9 Å². The molecule has 0 spiro atoms. The predicted molar refractivity (Wildman–Crippen MR) is 76.5 cm³/mol. The smallest absolute Gasteiger partial charge is 0.147 e. The fourth-order valence-corrected chi connectivity index (χ4v) is 1.10. The molecule has 0 aromatic heterocycles. The molecule has 4 nitrogen and oxygen atoms in total. The Labute approximate surface area is 105 Å². The minimum absolute atomic E-state index is 0.696. The van der Waals surface area contributed by atoms with E-state index in [4.69, 9.17) is 0 Å². The molecule has 17 heavy (non-hydrogen) atoms. The van der Waals surface area contributed by atoms with E-state index in [0.29, 0.717) is 5.84 Å². The van der Waals surface area contributed by atoms with Crippen LogP contribution in [0.2, 0.25) is 0 Å². The Kier molecular flexibility index (Phi) is 9.91. The van der Waals surface area contributed by atoms with Gasteiger partial charge < -0.3 is 10.2 Å². The molecule has 1 N–H and O–H groups in total. The van der Waals surface area contributed by atoms with Gasteiger partial charge >= 0.3 is 0 Å². The third-order valence-corrected chi connectivity index (χ3v) is 2.05. The van der Waals surface area contributed by atoms with Crippen molar-refractivity contribution in [1.82, 2.24) is 10.2 Å². The van der Waals surface area contributed by atoms with Crippen molar-refractivity contribution in [2.45, 2.75) is 26.7 Å². The molecular formula is C13H24N4. The molecule has 0 aliphatic carbocycles. The second-order valence-electron chi connectivity index (χ2n) is 3.62. The Morgan fingerprint density at radius 1 is 1.41 bits per heavy atom. The van der Waals surface area contributed by atoms with Crippen LogP contribution in [0.5, 0.6) is 0 Å². The molecule has 96 valence electrons. The highest BCUT2D eigenvalue weighted by atomic mass is 15.1. The lowest BCUT2D eigenvalue weighted by Crippen LogP contribution is -2.18. The molecule has 0 rings (SSSR count). The Morgan fingerprint density at radius 2 is 2.18 bits per heavy atom. The standard InChI is InChI=1S/C13H24N4/c1-5-8-10-17(4)11-9-16-13(15-7-3)12-14-6-2/h7,9,11-12H,3,5-6,8,10H2,1-2,4H3,(H,15,16)/b11-9-,14-12?. The molecule has 0 saturated heterocycles. The van der Waals surface area contributed by atoms with Crippen molar-refractivity contribution in [2.75, 3.05) is 20.1 Å². The fourth-order valence-electron chi connectivity index (χ4n) is 1.10. The molecule has 4 heteroatoms. The summed E-state index contributed by atoms with van der Waals surface area (Å²) in [5.41, 5.74) is 0. The molecule has 0 aromatic carbocycles. The molecule has 0 bridgehead atoms. The molecule has 0 atom stereocenters. The van der Waals surface area contributed by atoms with Crippen molar-refractivity contribution >= 4 is 12.1 Å². The zero-order valence-corrected chi connectivity index (χ0v) is 11.2. The van der Waals surface area contributed by atoms with Gasteiger partial charge in [-0.3, -0.25) is 4.99 Å². The highest BCUT2D eigenvalue weighted by Gasteiger charge is 1.90. The largest absolute Gasteiger partial charge is 0.379 e. The van der Waals surface area contributed by atoms with E-state index in [1.807, 2.05) is 20.2 Å². The molecule has 0 amide bonds. The summed E-state index contributed by atoms with van der Waals surface area (Å²) in [6.07, 6.45) is 9.42. The normalized spacial score (nSPS) is 12.3. The lowest BCUT2D eigenvalue weighted by atomic mass is 10.3. The summed E-state index contributed by atoms with van der Waals surface area (Å²) in [4.78, 5) is 10.5. The van der Waals surface area contributed by atoms with Gasteiger partial charge in [0.1, 0.15) is 5.84 Å². The number of amidine groups is 1. The third-order valence-electron chi connectivity index (χ3n) is 2.05. The number of nitrogens with one attached hydrogen (secondary N) is 1. The lowest BCUT2D eigenvalue weighted by Gasteiger charge is -2.11. The molecule has 0 fully saturated rings. The first-order valence-corrected chi connectivity index (χ1v) is 6.06. The van der Waals surface area contributed by atoms with Crippen LogP contribution < -0.4 is 5.32 Å². The first-order chi connectivity index (χ1) is 8.24. The number of unbranched alkanes of at least 4 members (excludes halogenated alkanes) is 1. The maximum Gasteiger partial charge on any atom is 0.147 e. The molecule has 0 aliphatic rings. The summed E-state index contributed by atoms with van der Waals surface area (Å²) >= 11 is 0. The van der Waals surface area contributed by atoms with E-state index >= 15 is 0 Å². The van der Waals surface area contributed by atoms with Crippen LogP contribution in [0.3, 0.4) is 0 Å². The van der Waals surface area contributed by atoms with Crippen LogP contribution in [0.15, 0.2) is 35.2 Å². The van der Waals surface area contributed by atoms with E-state index < -0.39 is 0 Å². The van der Waals surface area contributed by atoms with Crippen LogP contribution in [0.4, 0.5) is 0 Å². The molecule has 0 unspecified atom stereocenters. The number of nitrogens with zero attached hydrogens (tertiary/aromatic N) is 3. The first-order valence-electron chi connectivity index (χ1n) is 6.06. The van der Waals surface area contributed by atoms with Gasteiger partial charge in [0, 0.05) is 32.5 Å². The van der Waals surface area contributed by atoms with Crippen LogP contribution in [0.25, 0.3) is 0 Å². The van der Waals surface area contributed by atoms with E-state index in [1.54, 1.807) is 18.6 Å². The van der Waals surface area contributed by atoms with Crippen molar-refractivity contribution in [1.29, 1.82) is 0 Å². The predicted octanol–water partition coefficient (Wildman–Crippen LogP) is 2.41. The SMILES string of the molecule is C=CNC(C=NCC)=N/C=C\N(C)CCCC. The Bertz CT molecular complexity index is 279. The van der Waals surface area contributed by atoms with E-state index in [0.717, 1.165) is 13.1 Å². The summed E-state index contributed by atoms with van der Waals surface area (Å²) in [6.45, 7) is 9.57.